The van der Waals surface area contributed by atoms with Crippen LogP contribution in [0.15, 0.2) is 36.7 Å². The van der Waals surface area contributed by atoms with Gasteiger partial charge in [-0.1, -0.05) is 6.92 Å². The molecule has 5 nitrogen and oxygen atoms in total. The third kappa shape index (κ3) is 3.29. The van der Waals surface area contributed by atoms with E-state index in [0.29, 0.717) is 0 Å². The van der Waals surface area contributed by atoms with E-state index in [9.17, 15) is 5.26 Å². The first kappa shape index (κ1) is 13.9. The molecule has 0 aliphatic rings. The Morgan fingerprint density at radius 3 is 2.75 bits per heavy atom. The van der Waals surface area contributed by atoms with Gasteiger partial charge in [0.2, 0.25) is 0 Å². The number of anilines is 1. The smallest absolute Gasteiger partial charge is 0.143 e. The Hall–Kier alpha value is -2.48. The summed E-state index contributed by atoms with van der Waals surface area (Å²) in [6.45, 7) is 2.96. The van der Waals surface area contributed by atoms with Crippen LogP contribution in [0.5, 0.6) is 5.75 Å². The zero-order valence-electron chi connectivity index (χ0n) is 11.7. The van der Waals surface area contributed by atoms with Crippen molar-refractivity contribution in [3.05, 3.63) is 42.2 Å². The van der Waals surface area contributed by atoms with E-state index in [1.807, 2.05) is 35.1 Å². The van der Waals surface area contributed by atoms with Crippen LogP contribution in [0.4, 0.5) is 5.69 Å². The van der Waals surface area contributed by atoms with E-state index in [4.69, 9.17) is 4.74 Å². The summed E-state index contributed by atoms with van der Waals surface area (Å²) in [5, 5.41) is 16.7. The fraction of sp³-hybridized carbons (Fsp3) is 0.333. The zero-order valence-corrected chi connectivity index (χ0v) is 11.7. The maximum atomic E-state index is 9.31. The van der Waals surface area contributed by atoms with E-state index < -0.39 is 6.04 Å². The fourth-order valence-electron chi connectivity index (χ4n) is 1.92. The number of nitrogens with one attached hydrogen (secondary N) is 1. The number of methoxy groups -OCH3 is 1. The average Bonchev–Trinajstić information content (AvgIpc) is 2.94. The number of nitriles is 1. The van der Waals surface area contributed by atoms with Crippen molar-refractivity contribution >= 4 is 5.69 Å². The molecule has 2 rings (SSSR count). The van der Waals surface area contributed by atoms with Crippen molar-refractivity contribution in [1.29, 1.82) is 5.26 Å². The van der Waals surface area contributed by atoms with Crippen LogP contribution in [0.25, 0.3) is 0 Å². The molecule has 20 heavy (non-hydrogen) atoms. The number of hydrogen-bond donors (Lipinski definition) is 1. The Labute approximate surface area is 118 Å². The highest BCUT2D eigenvalue weighted by Crippen LogP contribution is 2.21. The van der Waals surface area contributed by atoms with Crippen LogP contribution in [0.1, 0.15) is 24.9 Å². The highest BCUT2D eigenvalue weighted by Gasteiger charge is 2.12. The first-order chi connectivity index (χ1) is 9.76. The van der Waals surface area contributed by atoms with Gasteiger partial charge >= 0.3 is 0 Å². The van der Waals surface area contributed by atoms with Crippen LogP contribution >= 0.6 is 0 Å². The van der Waals surface area contributed by atoms with Crippen molar-refractivity contribution in [3.8, 4) is 11.8 Å². The molecule has 1 N–H and O–H groups in total. The number of aromatic nitrogens is 2. The Morgan fingerprint density at radius 1 is 1.40 bits per heavy atom. The minimum Gasteiger partial charge on any atom is -0.497 e. The van der Waals surface area contributed by atoms with Gasteiger partial charge in [0.1, 0.15) is 11.8 Å². The SMILES string of the molecule is CCCn1cc(C(C#N)Nc2ccc(OC)cc2)cn1. The van der Waals surface area contributed by atoms with Gasteiger partial charge in [0.05, 0.1) is 19.4 Å². The van der Waals surface area contributed by atoms with E-state index in [1.165, 1.54) is 0 Å². The third-order valence-electron chi connectivity index (χ3n) is 2.97. The number of ether oxygens (including phenoxy) is 1. The molecule has 0 amide bonds. The molecule has 0 aliphatic carbocycles. The van der Waals surface area contributed by atoms with Gasteiger partial charge in [-0.25, -0.2) is 0 Å². The summed E-state index contributed by atoms with van der Waals surface area (Å²) < 4.78 is 6.97. The average molecular weight is 270 g/mol. The second-order valence-electron chi connectivity index (χ2n) is 4.47. The molecule has 104 valence electrons. The van der Waals surface area contributed by atoms with Gasteiger partial charge in [-0.3, -0.25) is 4.68 Å². The molecule has 5 heteroatoms. The zero-order chi connectivity index (χ0) is 14.4. The molecule has 0 bridgehead atoms. The summed E-state index contributed by atoms with van der Waals surface area (Å²) in [7, 11) is 1.63. The number of aryl methyl sites for hydroxylation is 1. The van der Waals surface area contributed by atoms with E-state index in [-0.39, 0.29) is 0 Å². The number of nitrogens with zero attached hydrogens (tertiary/aromatic N) is 3. The van der Waals surface area contributed by atoms with E-state index >= 15 is 0 Å². The molecule has 0 saturated carbocycles. The fourth-order valence-corrected chi connectivity index (χ4v) is 1.92. The molecular formula is C15H18N4O. The van der Waals surface area contributed by atoms with E-state index in [0.717, 1.165) is 30.0 Å². The number of rotatable bonds is 6. The monoisotopic (exact) mass is 270 g/mol. The summed E-state index contributed by atoms with van der Waals surface area (Å²) >= 11 is 0. The van der Waals surface area contributed by atoms with E-state index in [2.05, 4.69) is 23.4 Å². The maximum Gasteiger partial charge on any atom is 0.143 e. The molecule has 1 aromatic heterocycles. The van der Waals surface area contributed by atoms with E-state index in [1.54, 1.807) is 13.3 Å². The van der Waals surface area contributed by atoms with Crippen molar-refractivity contribution < 1.29 is 4.74 Å². The van der Waals surface area contributed by atoms with Crippen molar-refractivity contribution in [2.75, 3.05) is 12.4 Å². The lowest BCUT2D eigenvalue weighted by Gasteiger charge is -2.11. The Morgan fingerprint density at radius 2 is 2.15 bits per heavy atom. The summed E-state index contributed by atoms with van der Waals surface area (Å²) in [6.07, 6.45) is 4.66. The first-order valence-electron chi connectivity index (χ1n) is 6.59. The molecule has 0 radical (unpaired) electrons. The standard InChI is InChI=1S/C15H18N4O/c1-3-8-19-11-12(10-17-19)15(9-16)18-13-4-6-14(20-2)7-5-13/h4-7,10-11,15,18H,3,8H2,1-2H3. The van der Waals surface area contributed by atoms with Crippen LogP contribution in [0.2, 0.25) is 0 Å². The predicted octanol–water partition coefficient (Wildman–Crippen LogP) is 2.98. The first-order valence-corrected chi connectivity index (χ1v) is 6.59. The lowest BCUT2D eigenvalue weighted by Crippen LogP contribution is -2.07. The largest absolute Gasteiger partial charge is 0.497 e. The molecule has 0 saturated heterocycles. The van der Waals surface area contributed by atoms with Crippen LogP contribution < -0.4 is 10.1 Å². The third-order valence-corrected chi connectivity index (χ3v) is 2.97. The minimum atomic E-state index is -0.408. The second kappa shape index (κ2) is 6.62. The number of hydrogen-bond acceptors (Lipinski definition) is 4. The van der Waals surface area contributed by atoms with Gasteiger partial charge in [0.15, 0.2) is 0 Å². The highest BCUT2D eigenvalue weighted by molar-refractivity contribution is 5.49. The Balaban J connectivity index is 2.09. The summed E-state index contributed by atoms with van der Waals surface area (Å²) in [4.78, 5) is 0. The topological polar surface area (TPSA) is 62.9 Å². The lowest BCUT2D eigenvalue weighted by molar-refractivity contribution is 0.415. The molecule has 1 heterocycles. The summed E-state index contributed by atoms with van der Waals surface area (Å²) in [5.74, 6) is 0.792. The van der Waals surface area contributed by atoms with Crippen LogP contribution in [0, 0.1) is 11.3 Å². The normalized spacial score (nSPS) is 11.7. The van der Waals surface area contributed by atoms with Gasteiger partial charge in [-0.05, 0) is 30.7 Å². The van der Waals surface area contributed by atoms with Crippen LogP contribution in [-0.4, -0.2) is 16.9 Å². The maximum absolute atomic E-state index is 9.31. The minimum absolute atomic E-state index is 0.408. The molecule has 2 aromatic rings. The highest BCUT2D eigenvalue weighted by atomic mass is 16.5. The Kier molecular flexibility index (Phi) is 4.61. The second-order valence-corrected chi connectivity index (χ2v) is 4.47. The Bertz CT molecular complexity index is 583. The summed E-state index contributed by atoms with van der Waals surface area (Å²) in [5.41, 5.74) is 1.75. The van der Waals surface area contributed by atoms with Gasteiger partial charge in [-0.2, -0.15) is 10.4 Å². The van der Waals surface area contributed by atoms with Crippen molar-refractivity contribution in [3.63, 3.8) is 0 Å². The number of benzene rings is 1. The van der Waals surface area contributed by atoms with Gasteiger partial charge < -0.3 is 10.1 Å². The van der Waals surface area contributed by atoms with Gasteiger partial charge in [0.25, 0.3) is 0 Å². The van der Waals surface area contributed by atoms with Gasteiger partial charge in [-0.15, -0.1) is 0 Å². The van der Waals surface area contributed by atoms with Crippen LogP contribution in [-0.2, 0) is 6.54 Å². The molecule has 0 spiro atoms. The van der Waals surface area contributed by atoms with Crippen LogP contribution in [0.3, 0.4) is 0 Å². The van der Waals surface area contributed by atoms with Gasteiger partial charge in [0, 0.05) is 24.0 Å². The lowest BCUT2D eigenvalue weighted by atomic mass is 10.1. The molecular weight excluding hydrogens is 252 g/mol. The molecule has 0 aliphatic heterocycles. The molecule has 1 unspecified atom stereocenters. The van der Waals surface area contributed by atoms with Crippen molar-refractivity contribution in [1.82, 2.24) is 9.78 Å². The van der Waals surface area contributed by atoms with Crippen molar-refractivity contribution in [2.24, 2.45) is 0 Å². The molecule has 1 aromatic carbocycles. The molecule has 0 fully saturated rings. The predicted molar refractivity (Wildman–Crippen MR) is 77.5 cm³/mol. The van der Waals surface area contributed by atoms with Crippen molar-refractivity contribution in [2.45, 2.75) is 25.9 Å². The quantitative estimate of drug-likeness (QED) is 0.876. The molecule has 1 atom stereocenters. The summed E-state index contributed by atoms with van der Waals surface area (Å²) in [6, 6.07) is 9.34.